The summed E-state index contributed by atoms with van der Waals surface area (Å²) in [6.45, 7) is 1.86. The maximum Gasteiger partial charge on any atom is 0.307 e. The van der Waals surface area contributed by atoms with Crippen LogP contribution in [-0.4, -0.2) is 24.5 Å². The van der Waals surface area contributed by atoms with Crippen LogP contribution in [0.25, 0.3) is 21.9 Å². The molecule has 0 amide bonds. The van der Waals surface area contributed by atoms with Gasteiger partial charge in [0.2, 0.25) is 0 Å². The van der Waals surface area contributed by atoms with Crippen LogP contribution in [0.5, 0.6) is 11.5 Å². The van der Waals surface area contributed by atoms with Gasteiger partial charge in [0.1, 0.15) is 21.9 Å². The fraction of sp³-hybridized carbons (Fsp3) is 0.0800. The van der Waals surface area contributed by atoms with E-state index in [2.05, 4.69) is 9.71 Å². The summed E-state index contributed by atoms with van der Waals surface area (Å²) in [5.74, 6) is -0.354. The topological polar surface area (TPSA) is 122 Å². The lowest BCUT2D eigenvalue weighted by Gasteiger charge is -2.15. The summed E-state index contributed by atoms with van der Waals surface area (Å²) in [5.41, 5.74) is 2.74. The first-order valence-electron chi connectivity index (χ1n) is 10.6. The molecule has 0 spiro atoms. The van der Waals surface area contributed by atoms with Crippen molar-refractivity contribution in [2.24, 2.45) is 0 Å². The normalized spacial score (nSPS) is 11.8. The fourth-order valence-corrected chi connectivity index (χ4v) is 5.82. The Hall–Kier alpha value is -3.66. The van der Waals surface area contributed by atoms with E-state index in [-0.39, 0.29) is 27.8 Å². The van der Waals surface area contributed by atoms with E-state index in [1.54, 1.807) is 36.4 Å². The van der Waals surface area contributed by atoms with Gasteiger partial charge in [-0.25, -0.2) is 8.42 Å². The summed E-state index contributed by atoms with van der Waals surface area (Å²) >= 11 is 12.1. The summed E-state index contributed by atoms with van der Waals surface area (Å²) in [5, 5.41) is 10.6. The first kappa shape index (κ1) is 24.1. The molecule has 0 saturated carbocycles. The maximum atomic E-state index is 13.3. The summed E-state index contributed by atoms with van der Waals surface area (Å²) in [6, 6.07) is 14.3. The highest BCUT2D eigenvalue weighted by atomic mass is 35.5. The molecule has 0 aliphatic carbocycles. The zero-order valence-electron chi connectivity index (χ0n) is 18.6. The second-order valence-electron chi connectivity index (χ2n) is 8.12. The predicted molar refractivity (Wildman–Crippen MR) is 138 cm³/mol. The highest BCUT2D eigenvalue weighted by Gasteiger charge is 2.23. The average Bonchev–Trinajstić information content (AvgIpc) is 3.37. The predicted octanol–water partition coefficient (Wildman–Crippen LogP) is 6.75. The molecule has 0 aliphatic rings. The molecule has 0 atom stereocenters. The molecule has 36 heavy (non-hydrogen) atoms. The Kier molecular flexibility index (Phi) is 6.07. The summed E-state index contributed by atoms with van der Waals surface area (Å²) in [6.07, 6.45) is 1.22. The van der Waals surface area contributed by atoms with Gasteiger partial charge < -0.3 is 19.2 Å². The number of aromatic amines is 1. The van der Waals surface area contributed by atoms with Crippen molar-refractivity contribution >= 4 is 66.8 Å². The quantitative estimate of drug-likeness (QED) is 0.208. The molecule has 2 aromatic heterocycles. The number of aryl methyl sites for hydroxylation is 1. The molecule has 0 fully saturated rings. The molecule has 3 N–H and O–H groups in total. The van der Waals surface area contributed by atoms with E-state index < -0.39 is 16.0 Å². The fourth-order valence-electron chi connectivity index (χ4n) is 3.95. The summed E-state index contributed by atoms with van der Waals surface area (Å²) < 4.78 is 40.8. The van der Waals surface area contributed by atoms with Gasteiger partial charge in [0, 0.05) is 38.6 Å². The molecule has 3 aromatic carbocycles. The summed E-state index contributed by atoms with van der Waals surface area (Å²) in [7, 11) is -4.11. The Bertz CT molecular complexity index is 1760. The van der Waals surface area contributed by atoms with E-state index in [0.717, 1.165) is 5.69 Å². The second-order valence-corrected chi connectivity index (χ2v) is 10.6. The molecule has 184 valence electrons. The second kappa shape index (κ2) is 9.09. The van der Waals surface area contributed by atoms with Crippen LogP contribution in [0.4, 0.5) is 5.69 Å². The molecule has 2 heterocycles. The zero-order valence-corrected chi connectivity index (χ0v) is 21.0. The van der Waals surface area contributed by atoms with Gasteiger partial charge in [0.25, 0.3) is 10.0 Å². The number of fused-ring (bicyclic) bond motifs is 2. The Morgan fingerprint density at radius 1 is 1.08 bits per heavy atom. The Balaban J connectivity index is 1.56. The zero-order chi connectivity index (χ0) is 25.6. The van der Waals surface area contributed by atoms with E-state index in [1.165, 1.54) is 24.5 Å². The number of carbonyl (C=O) groups is 1. The van der Waals surface area contributed by atoms with Crippen LogP contribution in [0.15, 0.2) is 70.2 Å². The van der Waals surface area contributed by atoms with E-state index in [4.69, 9.17) is 37.5 Å². The minimum absolute atomic E-state index is 0.0182. The SMILES string of the molecule is Cc1cc2c(NS(=O)(=O)c3ccc(Cl)cc3Cl)c(Oc3ccc4c(CC(=O)O)coc4c3)ccc2[nH]1. The molecule has 8 nitrogen and oxygen atoms in total. The number of carboxylic acids is 1. The van der Waals surface area contributed by atoms with Gasteiger partial charge in [-0.1, -0.05) is 23.2 Å². The number of nitrogens with one attached hydrogen (secondary N) is 2. The van der Waals surface area contributed by atoms with E-state index in [1.807, 2.05) is 6.92 Å². The van der Waals surface area contributed by atoms with Crippen molar-refractivity contribution in [2.45, 2.75) is 18.2 Å². The molecular formula is C25H18Cl2N2O6S. The lowest BCUT2D eigenvalue weighted by Crippen LogP contribution is -2.14. The van der Waals surface area contributed by atoms with Gasteiger partial charge in [-0.05, 0) is 55.5 Å². The van der Waals surface area contributed by atoms with Crippen molar-refractivity contribution in [3.63, 3.8) is 0 Å². The minimum atomic E-state index is -4.11. The molecule has 11 heteroatoms. The van der Waals surface area contributed by atoms with Crippen LogP contribution < -0.4 is 9.46 Å². The first-order valence-corrected chi connectivity index (χ1v) is 12.8. The molecule has 0 saturated heterocycles. The van der Waals surface area contributed by atoms with Gasteiger partial charge >= 0.3 is 5.97 Å². The number of aromatic nitrogens is 1. The Labute approximate surface area is 215 Å². The van der Waals surface area contributed by atoms with Crippen LogP contribution in [0, 0.1) is 6.92 Å². The third-order valence-corrected chi connectivity index (χ3v) is 7.58. The standard InChI is InChI=1S/C25H18Cl2N2O6S/c1-13-8-18-20(28-13)5-6-21(25(18)29-36(32,33)23-7-2-15(26)10-19(23)27)35-16-3-4-17-14(9-24(30)31)12-34-22(17)11-16/h2-8,10-12,28-29H,9H2,1H3,(H,30,31). The summed E-state index contributed by atoms with van der Waals surface area (Å²) in [4.78, 5) is 14.1. The number of H-pyrrole nitrogens is 1. The first-order chi connectivity index (χ1) is 17.1. The van der Waals surface area contributed by atoms with Crippen LogP contribution in [-0.2, 0) is 21.2 Å². The number of furan rings is 1. The number of hydrogen-bond donors (Lipinski definition) is 3. The largest absolute Gasteiger partial charge is 0.481 e. The van der Waals surface area contributed by atoms with Gasteiger partial charge in [0.05, 0.1) is 17.7 Å². The number of carboxylic acid groups (broad SMARTS) is 1. The van der Waals surface area contributed by atoms with Gasteiger partial charge in [-0.3, -0.25) is 9.52 Å². The van der Waals surface area contributed by atoms with Crippen molar-refractivity contribution in [1.82, 2.24) is 4.98 Å². The van der Waals surface area contributed by atoms with Crippen molar-refractivity contribution in [3.05, 3.63) is 82.2 Å². The maximum absolute atomic E-state index is 13.3. The van der Waals surface area contributed by atoms with Gasteiger partial charge in [-0.15, -0.1) is 0 Å². The lowest BCUT2D eigenvalue weighted by atomic mass is 10.1. The molecule has 5 aromatic rings. The number of ether oxygens (including phenoxy) is 1. The highest BCUT2D eigenvalue weighted by Crippen LogP contribution is 2.39. The van der Waals surface area contributed by atoms with Crippen molar-refractivity contribution in [2.75, 3.05) is 4.72 Å². The molecule has 0 aliphatic heterocycles. The monoisotopic (exact) mass is 544 g/mol. The number of sulfonamides is 1. The third kappa shape index (κ3) is 4.60. The number of aliphatic carboxylic acids is 1. The molecule has 0 radical (unpaired) electrons. The number of rotatable bonds is 7. The van der Waals surface area contributed by atoms with E-state index >= 15 is 0 Å². The van der Waals surface area contributed by atoms with Crippen LogP contribution in [0.3, 0.4) is 0 Å². The average molecular weight is 545 g/mol. The van der Waals surface area contributed by atoms with Gasteiger partial charge in [-0.2, -0.15) is 0 Å². The van der Waals surface area contributed by atoms with Gasteiger partial charge in [0.15, 0.2) is 5.75 Å². The molecule has 0 bridgehead atoms. The number of anilines is 1. The van der Waals surface area contributed by atoms with E-state index in [0.29, 0.717) is 38.2 Å². The van der Waals surface area contributed by atoms with Crippen LogP contribution in [0.2, 0.25) is 10.0 Å². The molecule has 5 rings (SSSR count). The molecule has 0 unspecified atom stereocenters. The minimum Gasteiger partial charge on any atom is -0.481 e. The lowest BCUT2D eigenvalue weighted by molar-refractivity contribution is -0.136. The smallest absolute Gasteiger partial charge is 0.307 e. The van der Waals surface area contributed by atoms with Crippen LogP contribution >= 0.6 is 23.2 Å². The Morgan fingerprint density at radius 3 is 2.64 bits per heavy atom. The van der Waals surface area contributed by atoms with E-state index in [9.17, 15) is 13.2 Å². The van der Waals surface area contributed by atoms with Crippen molar-refractivity contribution in [1.29, 1.82) is 0 Å². The number of hydrogen-bond acceptors (Lipinski definition) is 5. The molecular weight excluding hydrogens is 527 g/mol. The van der Waals surface area contributed by atoms with Crippen molar-refractivity contribution in [3.8, 4) is 11.5 Å². The highest BCUT2D eigenvalue weighted by molar-refractivity contribution is 7.92. The van der Waals surface area contributed by atoms with Crippen molar-refractivity contribution < 1.29 is 27.5 Å². The number of halogens is 2. The third-order valence-electron chi connectivity index (χ3n) is 5.52. The van der Waals surface area contributed by atoms with Crippen LogP contribution in [0.1, 0.15) is 11.3 Å². The number of benzene rings is 3. The Morgan fingerprint density at radius 2 is 1.89 bits per heavy atom.